The van der Waals surface area contributed by atoms with E-state index in [-0.39, 0.29) is 0 Å². The van der Waals surface area contributed by atoms with Crippen LogP contribution in [0.4, 0.5) is 0 Å². The van der Waals surface area contributed by atoms with Gasteiger partial charge in [0.25, 0.3) is 0 Å². The van der Waals surface area contributed by atoms with Crippen molar-refractivity contribution in [3.05, 3.63) is 144 Å². The van der Waals surface area contributed by atoms with E-state index in [1.54, 1.807) is 0 Å². The lowest BCUT2D eigenvalue weighted by atomic mass is 10.00. The van der Waals surface area contributed by atoms with Gasteiger partial charge in [0.05, 0.1) is 11.0 Å². The van der Waals surface area contributed by atoms with Gasteiger partial charge in [-0.1, -0.05) is 133 Å². The molecule has 0 amide bonds. The summed E-state index contributed by atoms with van der Waals surface area (Å²) in [5.74, 6) is 0.953. The Morgan fingerprint density at radius 3 is 1.76 bits per heavy atom. The minimum atomic E-state index is 0.953. The highest BCUT2D eigenvalue weighted by atomic mass is 15.1. The predicted molar refractivity (Wildman–Crippen MR) is 162 cm³/mol. The summed E-state index contributed by atoms with van der Waals surface area (Å²) in [5, 5.41) is 4.86. The normalized spacial score (nSPS) is 11.7. The number of hydrogen-bond acceptors (Lipinski definition) is 1. The summed E-state index contributed by atoms with van der Waals surface area (Å²) in [4.78, 5) is 5.31. The van der Waals surface area contributed by atoms with Crippen molar-refractivity contribution in [3.63, 3.8) is 0 Å². The summed E-state index contributed by atoms with van der Waals surface area (Å²) in [6, 6.07) is 45.1. The van der Waals surface area contributed by atoms with Gasteiger partial charge in [0, 0.05) is 22.0 Å². The van der Waals surface area contributed by atoms with Crippen LogP contribution in [0, 0.1) is 6.92 Å². The van der Waals surface area contributed by atoms with E-state index in [0.717, 1.165) is 33.7 Å². The fraction of sp³-hybridized carbons (Fsp3) is 0.0278. The second kappa shape index (κ2) is 9.17. The molecule has 0 atom stereocenters. The van der Waals surface area contributed by atoms with Crippen LogP contribution in [0.2, 0.25) is 0 Å². The van der Waals surface area contributed by atoms with Crippen molar-refractivity contribution < 1.29 is 0 Å². The average Bonchev–Trinajstić information content (AvgIpc) is 3.39. The van der Waals surface area contributed by atoms with E-state index in [2.05, 4.69) is 145 Å². The zero-order valence-electron chi connectivity index (χ0n) is 21.2. The number of fused-ring (bicyclic) bond motifs is 6. The number of imidazole rings is 1. The van der Waals surface area contributed by atoms with Crippen molar-refractivity contribution >= 4 is 44.7 Å². The molecule has 0 N–H and O–H groups in total. The Bertz CT molecular complexity index is 1940. The highest BCUT2D eigenvalue weighted by Crippen LogP contribution is 2.39. The molecule has 0 spiro atoms. The summed E-state index contributed by atoms with van der Waals surface area (Å²) in [6.45, 7) is 2.12. The summed E-state index contributed by atoms with van der Waals surface area (Å²) < 4.78 is 2.33. The SMILES string of the molecule is Cc1ccc(-c2nc3c4ccccc4c4ccccc4c3n2-c2ccc(C=Cc3ccccc3)cc2)cc1. The topological polar surface area (TPSA) is 17.8 Å². The van der Waals surface area contributed by atoms with E-state index in [1.165, 1.54) is 32.7 Å². The molecule has 1 heterocycles. The molecule has 0 saturated carbocycles. The molecule has 7 rings (SSSR count). The van der Waals surface area contributed by atoms with E-state index >= 15 is 0 Å². The van der Waals surface area contributed by atoms with Crippen LogP contribution in [0.3, 0.4) is 0 Å². The maximum atomic E-state index is 5.31. The highest BCUT2D eigenvalue weighted by Gasteiger charge is 2.19. The largest absolute Gasteiger partial charge is 0.292 e. The first kappa shape index (κ1) is 22.3. The van der Waals surface area contributed by atoms with E-state index in [4.69, 9.17) is 4.98 Å². The van der Waals surface area contributed by atoms with Crippen LogP contribution >= 0.6 is 0 Å². The predicted octanol–water partition coefficient (Wildman–Crippen LogP) is 9.48. The second-order valence-corrected chi connectivity index (χ2v) is 9.76. The number of nitrogens with zero attached hydrogens (tertiary/aromatic N) is 2. The fourth-order valence-corrected chi connectivity index (χ4v) is 5.34. The number of rotatable bonds is 4. The van der Waals surface area contributed by atoms with Gasteiger partial charge in [0.1, 0.15) is 5.82 Å². The zero-order chi connectivity index (χ0) is 25.5. The van der Waals surface area contributed by atoms with Gasteiger partial charge in [-0.2, -0.15) is 0 Å². The van der Waals surface area contributed by atoms with Crippen LogP contribution in [0.25, 0.3) is 61.8 Å². The van der Waals surface area contributed by atoms with Gasteiger partial charge in [0.15, 0.2) is 0 Å². The molecule has 0 bridgehead atoms. The van der Waals surface area contributed by atoms with Crippen LogP contribution in [0.5, 0.6) is 0 Å². The molecule has 38 heavy (non-hydrogen) atoms. The molecule has 0 aliphatic rings. The maximum absolute atomic E-state index is 5.31. The van der Waals surface area contributed by atoms with E-state index < -0.39 is 0 Å². The van der Waals surface area contributed by atoms with Gasteiger partial charge < -0.3 is 0 Å². The molecule has 0 unspecified atom stereocenters. The Balaban J connectivity index is 1.49. The lowest BCUT2D eigenvalue weighted by Crippen LogP contribution is -1.98. The molecule has 2 heteroatoms. The molecule has 0 saturated heterocycles. The van der Waals surface area contributed by atoms with Crippen molar-refractivity contribution in [1.29, 1.82) is 0 Å². The third kappa shape index (κ3) is 3.79. The van der Waals surface area contributed by atoms with E-state index in [1.807, 2.05) is 6.07 Å². The lowest BCUT2D eigenvalue weighted by Gasteiger charge is -2.13. The first-order valence-electron chi connectivity index (χ1n) is 13.0. The third-order valence-electron chi connectivity index (χ3n) is 7.26. The van der Waals surface area contributed by atoms with Gasteiger partial charge >= 0.3 is 0 Å². The minimum Gasteiger partial charge on any atom is -0.292 e. The van der Waals surface area contributed by atoms with Crippen molar-refractivity contribution in [3.8, 4) is 17.1 Å². The van der Waals surface area contributed by atoms with Gasteiger partial charge in [-0.15, -0.1) is 0 Å². The van der Waals surface area contributed by atoms with Crippen molar-refractivity contribution in [2.24, 2.45) is 0 Å². The summed E-state index contributed by atoms with van der Waals surface area (Å²) >= 11 is 0. The van der Waals surface area contributed by atoms with Crippen molar-refractivity contribution in [2.75, 3.05) is 0 Å². The molecule has 7 aromatic rings. The monoisotopic (exact) mass is 486 g/mol. The Morgan fingerprint density at radius 1 is 0.526 bits per heavy atom. The number of aromatic nitrogens is 2. The maximum Gasteiger partial charge on any atom is 0.145 e. The highest BCUT2D eigenvalue weighted by molar-refractivity contribution is 6.24. The third-order valence-corrected chi connectivity index (χ3v) is 7.26. The number of hydrogen-bond donors (Lipinski definition) is 0. The summed E-state index contributed by atoms with van der Waals surface area (Å²) in [5.41, 5.74) is 7.96. The Hall–Kier alpha value is -4.95. The Morgan fingerprint density at radius 2 is 1.08 bits per heavy atom. The van der Waals surface area contributed by atoms with Crippen LogP contribution in [0.15, 0.2) is 127 Å². The average molecular weight is 487 g/mol. The van der Waals surface area contributed by atoms with Crippen LogP contribution in [-0.4, -0.2) is 9.55 Å². The van der Waals surface area contributed by atoms with Crippen LogP contribution < -0.4 is 0 Å². The Kier molecular flexibility index (Phi) is 5.37. The number of benzene rings is 6. The summed E-state index contributed by atoms with van der Waals surface area (Å²) in [7, 11) is 0. The van der Waals surface area contributed by atoms with E-state index in [9.17, 15) is 0 Å². The van der Waals surface area contributed by atoms with Crippen LogP contribution in [0.1, 0.15) is 16.7 Å². The van der Waals surface area contributed by atoms with Gasteiger partial charge in [-0.25, -0.2) is 4.98 Å². The second-order valence-electron chi connectivity index (χ2n) is 9.76. The smallest absolute Gasteiger partial charge is 0.145 e. The Labute approximate surface area is 222 Å². The van der Waals surface area contributed by atoms with Gasteiger partial charge in [-0.3, -0.25) is 4.57 Å². The van der Waals surface area contributed by atoms with Gasteiger partial charge in [-0.05, 0) is 41.0 Å². The molecule has 0 fully saturated rings. The minimum absolute atomic E-state index is 0.953. The quantitative estimate of drug-likeness (QED) is 0.179. The first-order chi connectivity index (χ1) is 18.8. The lowest BCUT2D eigenvalue weighted by molar-refractivity contribution is 1.10. The van der Waals surface area contributed by atoms with Crippen molar-refractivity contribution in [2.45, 2.75) is 6.92 Å². The van der Waals surface area contributed by atoms with E-state index in [0.29, 0.717) is 0 Å². The molecule has 0 aliphatic heterocycles. The van der Waals surface area contributed by atoms with Gasteiger partial charge in [0.2, 0.25) is 0 Å². The molecule has 0 radical (unpaired) electrons. The summed E-state index contributed by atoms with van der Waals surface area (Å²) in [6.07, 6.45) is 4.31. The standard InChI is InChI=1S/C36H26N2/c1-25-15-21-28(22-16-25)36-37-34-32-13-7-5-11-30(32)31-12-6-8-14-33(31)35(34)38(36)29-23-19-27(20-24-29)18-17-26-9-3-2-4-10-26/h2-24H,1H3. The molecule has 2 nitrogen and oxygen atoms in total. The fourth-order valence-electron chi connectivity index (χ4n) is 5.34. The first-order valence-corrected chi connectivity index (χ1v) is 13.0. The zero-order valence-corrected chi connectivity index (χ0v) is 21.2. The molecule has 6 aromatic carbocycles. The molecular formula is C36H26N2. The number of aryl methyl sites for hydroxylation is 1. The van der Waals surface area contributed by atoms with Crippen molar-refractivity contribution in [1.82, 2.24) is 9.55 Å². The molecular weight excluding hydrogens is 460 g/mol. The molecule has 0 aliphatic carbocycles. The molecule has 180 valence electrons. The van der Waals surface area contributed by atoms with Crippen LogP contribution in [-0.2, 0) is 0 Å². The molecule has 1 aromatic heterocycles.